The van der Waals surface area contributed by atoms with E-state index in [4.69, 9.17) is 5.41 Å². The van der Waals surface area contributed by atoms with Crippen molar-refractivity contribution in [3.05, 3.63) is 53.9 Å². The van der Waals surface area contributed by atoms with Crippen molar-refractivity contribution in [2.45, 2.75) is 43.3 Å². The summed E-state index contributed by atoms with van der Waals surface area (Å²) in [5.74, 6) is 1.64. The van der Waals surface area contributed by atoms with Gasteiger partial charge in [0.25, 0.3) is 0 Å². The molecule has 4 rings (SSSR count). The molecular weight excluding hydrogens is 366 g/mol. The fourth-order valence-electron chi connectivity index (χ4n) is 4.04. The third-order valence-electron chi connectivity index (χ3n) is 6.16. The van der Waals surface area contributed by atoms with E-state index in [1.807, 2.05) is 13.1 Å². The fourth-order valence-corrected chi connectivity index (χ4v) is 5.17. The summed E-state index contributed by atoms with van der Waals surface area (Å²) in [6.07, 6.45) is 4.95. The molecule has 148 valence electrons. The summed E-state index contributed by atoms with van der Waals surface area (Å²) in [7, 11) is 0. The summed E-state index contributed by atoms with van der Waals surface area (Å²) in [5.41, 5.74) is 4.95. The van der Waals surface area contributed by atoms with Gasteiger partial charge in [0.1, 0.15) is 0 Å². The van der Waals surface area contributed by atoms with E-state index in [1.165, 1.54) is 24.0 Å². The first-order chi connectivity index (χ1) is 13.4. The second-order valence-electron chi connectivity index (χ2n) is 8.55. The van der Waals surface area contributed by atoms with E-state index in [2.05, 4.69) is 53.2 Å². The minimum atomic E-state index is -0.216. The Kier molecular flexibility index (Phi) is 5.23. The Morgan fingerprint density at radius 1 is 1.14 bits per heavy atom. The number of hydrogen-bond donors (Lipinski definition) is 2. The van der Waals surface area contributed by atoms with Crippen molar-refractivity contribution in [2.24, 2.45) is 0 Å². The largest absolute Gasteiger partial charge is 0.395 e. The van der Waals surface area contributed by atoms with Crippen LogP contribution < -0.4 is 0 Å². The topological polar surface area (TPSA) is 60.2 Å². The van der Waals surface area contributed by atoms with Gasteiger partial charge in [0.15, 0.2) is 0 Å². The van der Waals surface area contributed by atoms with E-state index in [-0.39, 0.29) is 16.8 Å². The number of aliphatic hydroxyl groups is 1. The second-order valence-corrected chi connectivity index (χ2v) is 10.2. The van der Waals surface area contributed by atoms with E-state index in [9.17, 15) is 5.11 Å². The van der Waals surface area contributed by atoms with Gasteiger partial charge >= 0.3 is 0 Å². The molecule has 5 heteroatoms. The van der Waals surface area contributed by atoms with Gasteiger partial charge in [0.2, 0.25) is 0 Å². The first-order valence-electron chi connectivity index (χ1n) is 10.0. The highest BCUT2D eigenvalue weighted by molar-refractivity contribution is 8.00. The van der Waals surface area contributed by atoms with Crippen LogP contribution in [0.1, 0.15) is 37.4 Å². The third kappa shape index (κ3) is 3.96. The van der Waals surface area contributed by atoms with Gasteiger partial charge in [-0.05, 0) is 43.9 Å². The zero-order valence-corrected chi connectivity index (χ0v) is 17.6. The zero-order valence-electron chi connectivity index (χ0n) is 16.7. The summed E-state index contributed by atoms with van der Waals surface area (Å²) in [4.78, 5) is 6.65. The van der Waals surface area contributed by atoms with Crippen molar-refractivity contribution in [3.8, 4) is 11.1 Å². The molecule has 0 spiro atoms. The highest BCUT2D eigenvalue weighted by Gasteiger charge is 2.46. The van der Waals surface area contributed by atoms with E-state index in [0.717, 1.165) is 30.1 Å². The maximum atomic E-state index is 9.70. The molecule has 1 aromatic carbocycles. The van der Waals surface area contributed by atoms with Crippen LogP contribution in [-0.4, -0.2) is 51.0 Å². The summed E-state index contributed by atoms with van der Waals surface area (Å²) in [5, 5.41) is 18.3. The van der Waals surface area contributed by atoms with Crippen LogP contribution in [0, 0.1) is 12.3 Å². The number of nitrogens with one attached hydrogen (secondary N) is 1. The van der Waals surface area contributed by atoms with Crippen molar-refractivity contribution in [1.29, 1.82) is 5.41 Å². The predicted octanol–water partition coefficient (Wildman–Crippen LogP) is 4.26. The molecule has 1 aliphatic carbocycles. The normalized spacial score (nSPS) is 24.1. The molecule has 4 nitrogen and oxygen atoms in total. The molecule has 1 aliphatic heterocycles. The van der Waals surface area contributed by atoms with Gasteiger partial charge in [-0.2, -0.15) is 11.8 Å². The molecule has 1 aromatic heterocycles. The molecule has 2 fully saturated rings. The van der Waals surface area contributed by atoms with Crippen LogP contribution in [-0.2, 0) is 5.41 Å². The van der Waals surface area contributed by atoms with E-state index in [0.29, 0.717) is 12.3 Å². The monoisotopic (exact) mass is 395 g/mol. The summed E-state index contributed by atoms with van der Waals surface area (Å²) >= 11 is 1.80. The minimum Gasteiger partial charge on any atom is -0.395 e. The van der Waals surface area contributed by atoms with Crippen molar-refractivity contribution < 1.29 is 5.11 Å². The number of rotatable bonds is 5. The lowest BCUT2D eigenvalue weighted by molar-refractivity contribution is 0.257. The first kappa shape index (κ1) is 19.5. The maximum Gasteiger partial charge on any atom is 0.0973 e. The molecule has 0 amide bonds. The van der Waals surface area contributed by atoms with Gasteiger partial charge in [0.05, 0.1) is 12.4 Å². The number of pyridine rings is 1. The second kappa shape index (κ2) is 7.53. The van der Waals surface area contributed by atoms with Crippen LogP contribution in [0.3, 0.4) is 0 Å². The highest BCUT2D eigenvalue weighted by atomic mass is 32.2. The Morgan fingerprint density at radius 3 is 2.46 bits per heavy atom. The average Bonchev–Trinajstić information content (AvgIpc) is 3.50. The Hall–Kier alpha value is -1.85. The molecule has 28 heavy (non-hydrogen) atoms. The number of thioether (sulfide) groups is 1. The van der Waals surface area contributed by atoms with Gasteiger partial charge in [-0.15, -0.1) is 0 Å². The van der Waals surface area contributed by atoms with Gasteiger partial charge in [-0.25, -0.2) is 0 Å². The molecule has 0 radical (unpaired) electrons. The Bertz CT molecular complexity index is 845. The lowest BCUT2D eigenvalue weighted by Gasteiger charge is -2.30. The highest BCUT2D eigenvalue weighted by Crippen LogP contribution is 2.49. The zero-order chi connectivity index (χ0) is 19.8. The van der Waals surface area contributed by atoms with Crippen molar-refractivity contribution in [1.82, 2.24) is 9.88 Å². The van der Waals surface area contributed by atoms with Crippen LogP contribution in [0.4, 0.5) is 0 Å². The molecule has 1 unspecified atom stereocenters. The Morgan fingerprint density at radius 2 is 1.86 bits per heavy atom. The van der Waals surface area contributed by atoms with Gasteiger partial charge < -0.3 is 10.0 Å². The number of hydrogen-bond acceptors (Lipinski definition) is 4. The van der Waals surface area contributed by atoms with Crippen molar-refractivity contribution >= 4 is 17.6 Å². The number of nitrogens with zero attached hydrogens (tertiary/aromatic N) is 2. The number of aromatic nitrogens is 1. The van der Waals surface area contributed by atoms with E-state index in [1.54, 1.807) is 11.8 Å². The van der Waals surface area contributed by atoms with E-state index >= 15 is 0 Å². The number of amidine groups is 1. The molecule has 1 atom stereocenters. The maximum absolute atomic E-state index is 9.70. The Labute approximate surface area is 171 Å². The summed E-state index contributed by atoms with van der Waals surface area (Å²) in [6.45, 7) is 6.02. The fraction of sp³-hybridized carbons (Fsp3) is 0.478. The molecule has 0 bridgehead atoms. The number of aliphatic hydroxyl groups excluding tert-OH is 1. The van der Waals surface area contributed by atoms with Gasteiger partial charge in [-0.1, -0.05) is 30.3 Å². The summed E-state index contributed by atoms with van der Waals surface area (Å²) < 4.78 is -0.216. The SMILES string of the molecule is Cc1ccc(-c2ccc(C3(CN4CCSC(C)(CO)CC4=N)CC3)cc2)cn1. The lowest BCUT2D eigenvalue weighted by Crippen LogP contribution is -2.39. The molecule has 2 aliphatic rings. The van der Waals surface area contributed by atoms with Crippen LogP contribution in [0.15, 0.2) is 42.6 Å². The average molecular weight is 396 g/mol. The Balaban J connectivity index is 1.48. The quantitative estimate of drug-likeness (QED) is 0.794. The van der Waals surface area contributed by atoms with Crippen molar-refractivity contribution in [2.75, 3.05) is 25.4 Å². The third-order valence-corrected chi connectivity index (χ3v) is 7.52. The molecule has 1 saturated heterocycles. The number of aryl methyl sites for hydroxylation is 1. The predicted molar refractivity (Wildman–Crippen MR) is 117 cm³/mol. The van der Waals surface area contributed by atoms with Crippen molar-refractivity contribution in [3.63, 3.8) is 0 Å². The smallest absolute Gasteiger partial charge is 0.0973 e. The first-order valence-corrected chi connectivity index (χ1v) is 11.0. The lowest BCUT2D eigenvalue weighted by atomic mass is 9.93. The van der Waals surface area contributed by atoms with E-state index < -0.39 is 0 Å². The number of benzene rings is 1. The molecular formula is C23H29N3OS. The van der Waals surface area contributed by atoms with Gasteiger partial charge in [-0.3, -0.25) is 10.4 Å². The van der Waals surface area contributed by atoms with Crippen LogP contribution in [0.25, 0.3) is 11.1 Å². The van der Waals surface area contributed by atoms with Crippen LogP contribution >= 0.6 is 11.8 Å². The van der Waals surface area contributed by atoms with Gasteiger partial charge in [0, 0.05) is 52.9 Å². The molecule has 2 N–H and O–H groups in total. The molecule has 1 saturated carbocycles. The minimum absolute atomic E-state index is 0.133. The van der Waals surface area contributed by atoms with Crippen LogP contribution in [0.5, 0.6) is 0 Å². The molecule has 2 heterocycles. The molecule has 2 aromatic rings. The summed E-state index contributed by atoms with van der Waals surface area (Å²) in [6, 6.07) is 13.1. The standard InChI is InChI=1S/C23H29N3OS/c1-17-3-4-19(14-25-17)18-5-7-20(8-6-18)23(9-10-23)15-26-11-12-28-22(2,16-27)13-21(26)24/h3-8,14,24,27H,9-13,15-16H2,1-2H3. The van der Waals surface area contributed by atoms with Crippen LogP contribution in [0.2, 0.25) is 0 Å².